The number of ether oxygens (including phenoxy) is 1. The van der Waals surface area contributed by atoms with E-state index in [2.05, 4.69) is 26.2 Å². The first-order chi connectivity index (χ1) is 9.19. The lowest BCUT2D eigenvalue weighted by atomic mass is 10.2. The van der Waals surface area contributed by atoms with E-state index in [4.69, 9.17) is 16.3 Å². The Labute approximate surface area is 126 Å². The molecule has 2 rings (SSSR count). The molecule has 0 aliphatic heterocycles. The minimum atomic E-state index is 0.475. The van der Waals surface area contributed by atoms with Crippen LogP contribution in [0.4, 0.5) is 0 Å². The maximum atomic E-state index is 5.85. The third kappa shape index (κ3) is 4.20. The van der Waals surface area contributed by atoms with Crippen LogP contribution in [0, 0.1) is 0 Å². The van der Waals surface area contributed by atoms with E-state index in [9.17, 15) is 0 Å². The van der Waals surface area contributed by atoms with Crippen molar-refractivity contribution in [2.24, 2.45) is 0 Å². The summed E-state index contributed by atoms with van der Waals surface area (Å²) in [5, 5.41) is 3.82. The Kier molecular flexibility index (Phi) is 5.19. The molecule has 0 radical (unpaired) electrons. The Morgan fingerprint density at radius 2 is 2.05 bits per heavy atom. The fourth-order valence-electron chi connectivity index (χ4n) is 1.65. The molecule has 100 valence electrons. The van der Waals surface area contributed by atoms with Gasteiger partial charge >= 0.3 is 0 Å². The van der Waals surface area contributed by atoms with Gasteiger partial charge in [0.2, 0.25) is 5.88 Å². The number of rotatable bonds is 5. The van der Waals surface area contributed by atoms with Gasteiger partial charge in [0.15, 0.2) is 0 Å². The average molecular weight is 342 g/mol. The second-order valence-electron chi connectivity index (χ2n) is 4.06. The molecule has 0 spiro atoms. The van der Waals surface area contributed by atoms with Crippen LogP contribution in [-0.4, -0.2) is 12.0 Å². The molecule has 1 aromatic carbocycles. The van der Waals surface area contributed by atoms with Gasteiger partial charge in [-0.25, -0.2) is 4.98 Å². The highest BCUT2D eigenvalue weighted by Gasteiger charge is 2.06. The minimum Gasteiger partial charge on any atom is -0.473 e. The van der Waals surface area contributed by atoms with Crippen molar-refractivity contribution in [1.29, 1.82) is 0 Å². The zero-order valence-electron chi connectivity index (χ0n) is 10.5. The van der Waals surface area contributed by atoms with Crippen molar-refractivity contribution in [2.75, 3.05) is 7.05 Å². The molecule has 0 fully saturated rings. The van der Waals surface area contributed by atoms with Gasteiger partial charge in [-0.2, -0.15) is 0 Å². The van der Waals surface area contributed by atoms with Gasteiger partial charge in [0.1, 0.15) is 6.61 Å². The molecule has 5 heteroatoms. The molecular weight excluding hydrogens is 328 g/mol. The van der Waals surface area contributed by atoms with Crippen LogP contribution in [0.25, 0.3) is 0 Å². The highest BCUT2D eigenvalue weighted by Crippen LogP contribution is 2.21. The predicted molar refractivity (Wildman–Crippen MR) is 80.5 cm³/mol. The smallest absolute Gasteiger partial charge is 0.218 e. The van der Waals surface area contributed by atoms with E-state index in [1.807, 2.05) is 37.4 Å². The van der Waals surface area contributed by atoms with E-state index in [-0.39, 0.29) is 0 Å². The maximum absolute atomic E-state index is 5.85. The van der Waals surface area contributed by atoms with Crippen molar-refractivity contribution >= 4 is 27.5 Å². The number of hydrogen-bond donors (Lipinski definition) is 1. The zero-order valence-corrected chi connectivity index (χ0v) is 12.8. The normalized spacial score (nSPS) is 10.5. The van der Waals surface area contributed by atoms with Gasteiger partial charge in [0, 0.05) is 27.8 Å². The molecule has 0 amide bonds. The van der Waals surface area contributed by atoms with Crippen LogP contribution >= 0.6 is 27.5 Å². The molecule has 0 aliphatic carbocycles. The van der Waals surface area contributed by atoms with Crippen LogP contribution in [0.1, 0.15) is 11.1 Å². The summed E-state index contributed by atoms with van der Waals surface area (Å²) in [5.74, 6) is 0.646. The summed E-state index contributed by atoms with van der Waals surface area (Å²) in [6, 6.07) is 9.59. The lowest BCUT2D eigenvalue weighted by Gasteiger charge is -2.10. The number of hydrogen-bond acceptors (Lipinski definition) is 3. The molecule has 1 aromatic heterocycles. The fraction of sp³-hybridized carbons (Fsp3) is 0.214. The molecule has 0 atom stereocenters. The molecule has 2 aromatic rings. The third-order valence-corrected chi connectivity index (χ3v) is 3.23. The van der Waals surface area contributed by atoms with Gasteiger partial charge in [-0.1, -0.05) is 23.7 Å². The van der Waals surface area contributed by atoms with Crippen molar-refractivity contribution in [2.45, 2.75) is 13.2 Å². The first-order valence-electron chi connectivity index (χ1n) is 5.85. The second kappa shape index (κ2) is 6.89. The summed E-state index contributed by atoms with van der Waals surface area (Å²) in [4.78, 5) is 4.29. The summed E-state index contributed by atoms with van der Waals surface area (Å²) in [7, 11) is 1.89. The van der Waals surface area contributed by atoms with Crippen molar-refractivity contribution in [3.63, 3.8) is 0 Å². The second-order valence-corrected chi connectivity index (χ2v) is 5.42. The van der Waals surface area contributed by atoms with Gasteiger partial charge in [-0.15, -0.1) is 0 Å². The lowest BCUT2D eigenvalue weighted by Crippen LogP contribution is -2.08. The summed E-state index contributed by atoms with van der Waals surface area (Å²) >= 11 is 9.26. The van der Waals surface area contributed by atoms with Crippen LogP contribution < -0.4 is 10.1 Å². The zero-order chi connectivity index (χ0) is 13.7. The van der Waals surface area contributed by atoms with Crippen LogP contribution in [0.2, 0.25) is 5.02 Å². The van der Waals surface area contributed by atoms with Crippen molar-refractivity contribution in [1.82, 2.24) is 10.3 Å². The molecule has 0 aliphatic rings. The van der Waals surface area contributed by atoms with Gasteiger partial charge in [0.25, 0.3) is 0 Å². The molecule has 1 N–H and O–H groups in total. The number of aromatic nitrogens is 1. The van der Waals surface area contributed by atoms with E-state index in [1.165, 1.54) is 0 Å². The van der Waals surface area contributed by atoms with Crippen LogP contribution in [0.15, 0.2) is 41.0 Å². The molecule has 19 heavy (non-hydrogen) atoms. The minimum absolute atomic E-state index is 0.475. The molecule has 0 saturated heterocycles. The highest BCUT2D eigenvalue weighted by atomic mass is 79.9. The van der Waals surface area contributed by atoms with Crippen molar-refractivity contribution in [3.8, 4) is 5.88 Å². The summed E-state index contributed by atoms with van der Waals surface area (Å²) in [5.41, 5.74) is 2.08. The van der Waals surface area contributed by atoms with Crippen molar-refractivity contribution < 1.29 is 4.74 Å². The Balaban J connectivity index is 2.08. The quantitative estimate of drug-likeness (QED) is 0.898. The monoisotopic (exact) mass is 340 g/mol. The Hall–Kier alpha value is -1.10. The first-order valence-corrected chi connectivity index (χ1v) is 7.02. The largest absolute Gasteiger partial charge is 0.473 e. The molecule has 1 heterocycles. The number of benzene rings is 1. The van der Waals surface area contributed by atoms with Crippen LogP contribution in [0.5, 0.6) is 5.88 Å². The molecular formula is C14H14BrClN2O. The average Bonchev–Trinajstić information content (AvgIpc) is 2.40. The predicted octanol–water partition coefficient (Wildman–Crippen LogP) is 3.80. The van der Waals surface area contributed by atoms with Crippen LogP contribution in [-0.2, 0) is 13.2 Å². The third-order valence-electron chi connectivity index (χ3n) is 2.55. The van der Waals surface area contributed by atoms with E-state index >= 15 is 0 Å². The molecule has 0 saturated carbocycles. The van der Waals surface area contributed by atoms with Crippen LogP contribution in [0.3, 0.4) is 0 Å². The van der Waals surface area contributed by atoms with Gasteiger partial charge in [0.05, 0.1) is 0 Å². The maximum Gasteiger partial charge on any atom is 0.218 e. The van der Waals surface area contributed by atoms with E-state index in [0.717, 1.165) is 20.6 Å². The molecule has 0 bridgehead atoms. The standard InChI is InChI=1S/C14H14BrClN2O/c1-17-7-11-6-12(15)8-18-14(11)19-9-10-2-4-13(16)5-3-10/h2-6,8,17H,7,9H2,1H3. The Morgan fingerprint density at radius 1 is 1.32 bits per heavy atom. The number of nitrogens with zero attached hydrogens (tertiary/aromatic N) is 1. The lowest BCUT2D eigenvalue weighted by molar-refractivity contribution is 0.289. The Morgan fingerprint density at radius 3 is 2.74 bits per heavy atom. The van der Waals surface area contributed by atoms with E-state index < -0.39 is 0 Å². The summed E-state index contributed by atoms with van der Waals surface area (Å²) in [6.45, 7) is 1.19. The van der Waals surface area contributed by atoms with Gasteiger partial charge in [-0.05, 0) is 46.7 Å². The molecule has 0 unspecified atom stereocenters. The van der Waals surface area contributed by atoms with Gasteiger partial charge in [-0.3, -0.25) is 0 Å². The first kappa shape index (κ1) is 14.3. The van der Waals surface area contributed by atoms with Gasteiger partial charge < -0.3 is 10.1 Å². The Bertz CT molecular complexity index is 546. The number of halogens is 2. The highest BCUT2D eigenvalue weighted by molar-refractivity contribution is 9.10. The van der Waals surface area contributed by atoms with Crippen molar-refractivity contribution in [3.05, 3.63) is 57.2 Å². The topological polar surface area (TPSA) is 34.2 Å². The summed E-state index contributed by atoms with van der Waals surface area (Å²) < 4.78 is 6.70. The fourth-order valence-corrected chi connectivity index (χ4v) is 2.15. The SMILES string of the molecule is CNCc1cc(Br)cnc1OCc1ccc(Cl)cc1. The van der Waals surface area contributed by atoms with E-state index in [0.29, 0.717) is 19.0 Å². The molecule has 3 nitrogen and oxygen atoms in total. The summed E-state index contributed by atoms with van der Waals surface area (Å²) in [6.07, 6.45) is 1.73. The number of nitrogens with one attached hydrogen (secondary N) is 1. The number of pyridine rings is 1. The van der Waals surface area contributed by atoms with E-state index in [1.54, 1.807) is 6.20 Å².